The van der Waals surface area contributed by atoms with Crippen molar-refractivity contribution in [2.24, 2.45) is 0 Å². The van der Waals surface area contributed by atoms with Crippen molar-refractivity contribution >= 4 is 17.2 Å². The van der Waals surface area contributed by atoms with Crippen LogP contribution < -0.4 is 5.32 Å². The maximum atomic E-state index is 12.4. The zero-order valence-corrected chi connectivity index (χ0v) is 13.7. The minimum Gasteiger partial charge on any atom is -0.350 e. The molecule has 5 nitrogen and oxygen atoms in total. The third-order valence-corrected chi connectivity index (χ3v) is 4.50. The molecule has 0 aliphatic rings. The second-order valence-corrected chi connectivity index (χ2v) is 6.12. The van der Waals surface area contributed by atoms with Crippen molar-refractivity contribution in [3.63, 3.8) is 0 Å². The molecule has 23 heavy (non-hydrogen) atoms. The summed E-state index contributed by atoms with van der Waals surface area (Å²) in [4.78, 5) is 12.4. The third-order valence-electron chi connectivity index (χ3n) is 3.64. The summed E-state index contributed by atoms with van der Waals surface area (Å²) < 4.78 is 1.72. The highest BCUT2D eigenvalue weighted by molar-refractivity contribution is 7.12. The van der Waals surface area contributed by atoms with Crippen molar-refractivity contribution < 1.29 is 4.79 Å². The van der Waals surface area contributed by atoms with Crippen LogP contribution in [0.2, 0.25) is 0 Å². The summed E-state index contributed by atoms with van der Waals surface area (Å²) in [5.41, 5.74) is 1.78. The van der Waals surface area contributed by atoms with E-state index in [0.717, 1.165) is 22.7 Å². The van der Waals surface area contributed by atoms with Crippen LogP contribution in [0.5, 0.6) is 0 Å². The van der Waals surface area contributed by atoms with Gasteiger partial charge in [-0.3, -0.25) is 4.79 Å². The van der Waals surface area contributed by atoms with E-state index in [2.05, 4.69) is 15.6 Å². The molecule has 0 saturated carbocycles. The van der Waals surface area contributed by atoms with E-state index in [4.69, 9.17) is 0 Å². The van der Waals surface area contributed by atoms with Gasteiger partial charge in [-0.1, -0.05) is 42.5 Å². The average molecular weight is 326 g/mol. The minimum atomic E-state index is -0.136. The van der Waals surface area contributed by atoms with Crippen molar-refractivity contribution in [1.29, 1.82) is 0 Å². The summed E-state index contributed by atoms with van der Waals surface area (Å²) in [6, 6.07) is 13.8. The van der Waals surface area contributed by atoms with Crippen LogP contribution in [-0.4, -0.2) is 20.9 Å². The summed E-state index contributed by atoms with van der Waals surface area (Å²) in [6.07, 6.45) is 2.60. The predicted molar refractivity (Wildman–Crippen MR) is 90.6 cm³/mol. The number of benzene rings is 1. The van der Waals surface area contributed by atoms with Crippen LogP contribution in [0.1, 0.15) is 30.5 Å². The van der Waals surface area contributed by atoms with E-state index in [1.54, 1.807) is 16.0 Å². The molecule has 0 aliphatic carbocycles. The molecule has 6 heteroatoms. The van der Waals surface area contributed by atoms with E-state index in [0.29, 0.717) is 6.54 Å². The Hall–Kier alpha value is -2.47. The summed E-state index contributed by atoms with van der Waals surface area (Å²) in [7, 11) is 0. The van der Waals surface area contributed by atoms with Crippen LogP contribution in [0.4, 0.5) is 0 Å². The molecule has 1 N–H and O–H groups in total. The average Bonchev–Trinajstić information content (AvgIpc) is 3.26. The number of hydrogen-bond acceptors (Lipinski definition) is 4. The third kappa shape index (κ3) is 3.65. The van der Waals surface area contributed by atoms with Crippen molar-refractivity contribution in [3.8, 4) is 5.00 Å². The molecule has 1 aromatic carbocycles. The zero-order chi connectivity index (χ0) is 16.1. The van der Waals surface area contributed by atoms with Crippen LogP contribution in [0.3, 0.4) is 0 Å². The van der Waals surface area contributed by atoms with E-state index in [1.807, 2.05) is 61.0 Å². The zero-order valence-electron chi connectivity index (χ0n) is 12.8. The molecule has 0 saturated heterocycles. The van der Waals surface area contributed by atoms with Gasteiger partial charge in [0.05, 0.1) is 18.7 Å². The quantitative estimate of drug-likeness (QED) is 0.757. The van der Waals surface area contributed by atoms with Gasteiger partial charge in [-0.15, -0.1) is 16.4 Å². The fourth-order valence-electron chi connectivity index (χ4n) is 2.45. The Balaban J connectivity index is 1.62. The second kappa shape index (κ2) is 7.19. The fraction of sp³-hybridized carbons (Fsp3) is 0.235. The van der Waals surface area contributed by atoms with Gasteiger partial charge in [0.15, 0.2) is 0 Å². The predicted octanol–water partition coefficient (Wildman–Crippen LogP) is 3.14. The molecule has 118 valence electrons. The first-order chi connectivity index (χ1) is 11.3. The lowest BCUT2D eigenvalue weighted by atomic mass is 9.96. The van der Waals surface area contributed by atoms with E-state index in [1.165, 1.54) is 0 Å². The Labute approximate surface area is 139 Å². The lowest BCUT2D eigenvalue weighted by molar-refractivity contribution is -0.122. The van der Waals surface area contributed by atoms with Crippen LogP contribution in [0.15, 0.2) is 54.0 Å². The highest BCUT2D eigenvalue weighted by Gasteiger charge is 2.18. The molecule has 2 aromatic heterocycles. The molecular weight excluding hydrogens is 308 g/mol. The van der Waals surface area contributed by atoms with Crippen LogP contribution >= 0.6 is 11.3 Å². The first kappa shape index (κ1) is 15.4. The number of thiophene rings is 1. The number of carbonyl (C=O) groups excluding carboxylic acids is 1. The molecule has 0 fully saturated rings. The maximum Gasteiger partial charge on any atom is 0.227 e. The Morgan fingerprint density at radius 2 is 2.09 bits per heavy atom. The molecular formula is C17H18N4OS. The SMILES string of the molecule is CCC(C(=O)NCc1cn(-c2cccs2)nn1)c1ccccc1. The lowest BCUT2D eigenvalue weighted by Crippen LogP contribution is -2.28. The normalized spacial score (nSPS) is 12.0. The van der Waals surface area contributed by atoms with Gasteiger partial charge in [0.25, 0.3) is 0 Å². The Bertz CT molecular complexity index is 752. The molecule has 1 atom stereocenters. The number of aromatic nitrogens is 3. The fourth-order valence-corrected chi connectivity index (χ4v) is 3.10. The number of hydrogen-bond donors (Lipinski definition) is 1. The Morgan fingerprint density at radius 1 is 1.26 bits per heavy atom. The molecule has 3 aromatic rings. The molecule has 1 unspecified atom stereocenters. The molecule has 0 radical (unpaired) electrons. The number of rotatable bonds is 6. The van der Waals surface area contributed by atoms with Crippen LogP contribution in [0, 0.1) is 0 Å². The van der Waals surface area contributed by atoms with Crippen molar-refractivity contribution in [2.75, 3.05) is 0 Å². The van der Waals surface area contributed by atoms with Crippen LogP contribution in [0.25, 0.3) is 5.00 Å². The smallest absolute Gasteiger partial charge is 0.227 e. The number of nitrogens with zero attached hydrogens (tertiary/aromatic N) is 3. The molecule has 0 spiro atoms. The van der Waals surface area contributed by atoms with Crippen molar-refractivity contribution in [2.45, 2.75) is 25.8 Å². The monoisotopic (exact) mass is 326 g/mol. The number of nitrogens with one attached hydrogen (secondary N) is 1. The van der Waals surface area contributed by atoms with E-state index < -0.39 is 0 Å². The Morgan fingerprint density at radius 3 is 2.78 bits per heavy atom. The number of amides is 1. The van der Waals surface area contributed by atoms with Crippen molar-refractivity contribution in [3.05, 3.63) is 65.3 Å². The molecule has 3 rings (SSSR count). The van der Waals surface area contributed by atoms with Gasteiger partial charge in [-0.2, -0.15) is 0 Å². The van der Waals surface area contributed by atoms with E-state index in [9.17, 15) is 4.79 Å². The second-order valence-electron chi connectivity index (χ2n) is 5.20. The van der Waals surface area contributed by atoms with Gasteiger partial charge in [0.2, 0.25) is 5.91 Å². The van der Waals surface area contributed by atoms with E-state index >= 15 is 0 Å². The standard InChI is InChI=1S/C17H18N4OS/c1-2-15(13-7-4-3-5-8-13)17(22)18-11-14-12-21(20-19-14)16-9-6-10-23-16/h3-10,12,15H,2,11H2,1H3,(H,18,22). The van der Waals surface area contributed by atoms with Gasteiger partial charge in [0.1, 0.15) is 10.7 Å². The summed E-state index contributed by atoms with van der Waals surface area (Å²) in [6.45, 7) is 2.40. The van der Waals surface area contributed by atoms with Gasteiger partial charge in [0, 0.05) is 0 Å². The topological polar surface area (TPSA) is 59.8 Å². The summed E-state index contributed by atoms with van der Waals surface area (Å²) in [5.74, 6) is -0.118. The first-order valence-electron chi connectivity index (χ1n) is 7.55. The summed E-state index contributed by atoms with van der Waals surface area (Å²) in [5, 5.41) is 14.1. The molecule has 1 amide bonds. The van der Waals surface area contributed by atoms with Crippen molar-refractivity contribution in [1.82, 2.24) is 20.3 Å². The van der Waals surface area contributed by atoms with Gasteiger partial charge in [-0.25, -0.2) is 4.68 Å². The molecule has 2 heterocycles. The van der Waals surface area contributed by atoms with Gasteiger partial charge >= 0.3 is 0 Å². The van der Waals surface area contributed by atoms with Gasteiger partial charge < -0.3 is 5.32 Å². The highest BCUT2D eigenvalue weighted by Crippen LogP contribution is 2.19. The largest absolute Gasteiger partial charge is 0.350 e. The van der Waals surface area contributed by atoms with E-state index in [-0.39, 0.29) is 11.8 Å². The Kier molecular flexibility index (Phi) is 4.83. The van der Waals surface area contributed by atoms with Gasteiger partial charge in [-0.05, 0) is 29.5 Å². The lowest BCUT2D eigenvalue weighted by Gasteiger charge is -2.14. The molecule has 0 aliphatic heterocycles. The maximum absolute atomic E-state index is 12.4. The first-order valence-corrected chi connectivity index (χ1v) is 8.43. The highest BCUT2D eigenvalue weighted by atomic mass is 32.1. The summed E-state index contributed by atoms with van der Waals surface area (Å²) >= 11 is 1.59. The van der Waals surface area contributed by atoms with Crippen LogP contribution in [-0.2, 0) is 11.3 Å². The number of carbonyl (C=O) groups is 1. The minimum absolute atomic E-state index is 0.0179. The molecule has 0 bridgehead atoms.